The van der Waals surface area contributed by atoms with Crippen LogP contribution < -0.4 is 0 Å². The molecule has 1 atom stereocenters. The summed E-state index contributed by atoms with van der Waals surface area (Å²) < 4.78 is 2.87. The van der Waals surface area contributed by atoms with E-state index in [9.17, 15) is 5.11 Å². The van der Waals surface area contributed by atoms with Crippen LogP contribution in [0.5, 0.6) is 0 Å². The second-order valence-electron chi connectivity index (χ2n) is 4.52. The van der Waals surface area contributed by atoms with E-state index in [1.165, 1.54) is 11.8 Å². The molecule has 1 aliphatic rings. The minimum absolute atomic E-state index is 0.460. The summed E-state index contributed by atoms with van der Waals surface area (Å²) in [7, 11) is 0. The van der Waals surface area contributed by atoms with E-state index in [1.807, 2.05) is 28.9 Å². The largest absolute Gasteiger partial charge is 0.388 e. The van der Waals surface area contributed by atoms with Gasteiger partial charge in [-0.15, -0.1) is 5.10 Å². The first-order valence-corrected chi connectivity index (χ1v) is 7.86. The lowest BCUT2D eigenvalue weighted by Gasteiger charge is -2.10. The molecule has 1 aliphatic carbocycles. The number of aliphatic hydroxyl groups is 1. The minimum atomic E-state index is -0.512. The molecule has 0 bridgehead atoms. The number of aromatic nitrogens is 4. The van der Waals surface area contributed by atoms with Crippen molar-refractivity contribution >= 4 is 27.7 Å². The molecular weight excluding hydrogens is 328 g/mol. The quantitative estimate of drug-likeness (QED) is 0.847. The SMILES string of the molecule is OC(CSc1nnnn1C1CC1)c1ccc(Br)cc1. The molecule has 19 heavy (non-hydrogen) atoms. The number of thioether (sulfide) groups is 1. The van der Waals surface area contributed by atoms with E-state index < -0.39 is 6.10 Å². The topological polar surface area (TPSA) is 63.8 Å². The van der Waals surface area contributed by atoms with E-state index in [2.05, 4.69) is 31.5 Å². The van der Waals surface area contributed by atoms with Crippen LogP contribution in [-0.4, -0.2) is 31.1 Å². The van der Waals surface area contributed by atoms with Gasteiger partial charge in [-0.3, -0.25) is 0 Å². The average molecular weight is 341 g/mol. The van der Waals surface area contributed by atoms with E-state index in [4.69, 9.17) is 0 Å². The number of nitrogens with zero attached hydrogens (tertiary/aromatic N) is 4. The molecule has 1 heterocycles. The molecule has 1 aromatic carbocycles. The maximum atomic E-state index is 10.1. The van der Waals surface area contributed by atoms with Gasteiger partial charge in [-0.1, -0.05) is 39.8 Å². The molecular formula is C12H13BrN4OS. The highest BCUT2D eigenvalue weighted by Crippen LogP contribution is 2.36. The van der Waals surface area contributed by atoms with E-state index in [-0.39, 0.29) is 0 Å². The van der Waals surface area contributed by atoms with E-state index in [0.29, 0.717) is 11.8 Å². The first-order chi connectivity index (χ1) is 9.24. The van der Waals surface area contributed by atoms with Gasteiger partial charge in [0.15, 0.2) is 0 Å². The number of aliphatic hydroxyl groups excluding tert-OH is 1. The van der Waals surface area contributed by atoms with Crippen molar-refractivity contribution in [1.29, 1.82) is 0 Å². The molecule has 0 amide bonds. The maximum Gasteiger partial charge on any atom is 0.209 e. The second-order valence-corrected chi connectivity index (χ2v) is 6.42. The van der Waals surface area contributed by atoms with Gasteiger partial charge in [-0.2, -0.15) is 0 Å². The molecule has 1 N–H and O–H groups in total. The van der Waals surface area contributed by atoms with Crippen LogP contribution in [0.25, 0.3) is 0 Å². The predicted molar refractivity (Wildman–Crippen MR) is 75.9 cm³/mol. The Hall–Kier alpha value is -0.920. The third kappa shape index (κ3) is 3.16. The Bertz CT molecular complexity index is 555. The van der Waals surface area contributed by atoms with Crippen molar-refractivity contribution in [2.45, 2.75) is 30.1 Å². The van der Waals surface area contributed by atoms with Crippen molar-refractivity contribution in [3.8, 4) is 0 Å². The number of tetrazole rings is 1. The summed E-state index contributed by atoms with van der Waals surface area (Å²) in [5, 5.41) is 22.6. The number of benzene rings is 1. The first kappa shape index (κ1) is 13.1. The number of hydrogen-bond acceptors (Lipinski definition) is 5. The fourth-order valence-corrected chi connectivity index (χ4v) is 2.94. The lowest BCUT2D eigenvalue weighted by molar-refractivity contribution is 0.204. The summed E-state index contributed by atoms with van der Waals surface area (Å²) in [5.41, 5.74) is 0.904. The normalized spacial score (nSPS) is 16.5. The van der Waals surface area contributed by atoms with Crippen LogP contribution in [0, 0.1) is 0 Å². The van der Waals surface area contributed by atoms with Crippen LogP contribution in [0.4, 0.5) is 0 Å². The summed E-state index contributed by atoms with van der Waals surface area (Å²) in [4.78, 5) is 0. The molecule has 1 fully saturated rings. The van der Waals surface area contributed by atoms with E-state index in [1.54, 1.807) is 0 Å². The maximum absolute atomic E-state index is 10.1. The Balaban J connectivity index is 1.62. The number of halogens is 1. The molecule has 5 nitrogen and oxygen atoms in total. The lowest BCUT2D eigenvalue weighted by Crippen LogP contribution is -2.03. The van der Waals surface area contributed by atoms with Crippen LogP contribution in [0.2, 0.25) is 0 Å². The molecule has 0 spiro atoms. The summed E-state index contributed by atoms with van der Waals surface area (Å²) in [5.74, 6) is 0.550. The average Bonchev–Trinajstić information content (AvgIpc) is 3.16. The Morgan fingerprint density at radius 3 is 2.79 bits per heavy atom. The van der Waals surface area contributed by atoms with Gasteiger partial charge in [-0.05, 0) is 41.0 Å². The molecule has 0 saturated heterocycles. The van der Waals surface area contributed by atoms with Gasteiger partial charge >= 0.3 is 0 Å². The standard InChI is InChI=1S/C12H13BrN4OS/c13-9-3-1-8(2-4-9)11(18)7-19-12-14-15-16-17(12)10-5-6-10/h1-4,10-11,18H,5-7H2. The summed E-state index contributed by atoms with van der Waals surface area (Å²) in [6, 6.07) is 8.15. The molecule has 1 saturated carbocycles. The molecule has 7 heteroatoms. The fourth-order valence-electron chi connectivity index (χ4n) is 1.76. The van der Waals surface area contributed by atoms with Crippen molar-refractivity contribution < 1.29 is 5.11 Å². The van der Waals surface area contributed by atoms with Gasteiger partial charge in [0, 0.05) is 10.2 Å². The van der Waals surface area contributed by atoms with E-state index >= 15 is 0 Å². The molecule has 3 rings (SSSR count). The van der Waals surface area contributed by atoms with Crippen molar-refractivity contribution in [2.24, 2.45) is 0 Å². The Morgan fingerprint density at radius 2 is 2.11 bits per heavy atom. The Kier molecular flexibility index (Phi) is 3.86. The number of rotatable bonds is 5. The van der Waals surface area contributed by atoms with Gasteiger partial charge in [0.05, 0.1) is 12.1 Å². The van der Waals surface area contributed by atoms with Crippen molar-refractivity contribution in [1.82, 2.24) is 20.2 Å². The zero-order valence-corrected chi connectivity index (χ0v) is 12.5. The van der Waals surface area contributed by atoms with Crippen LogP contribution >= 0.6 is 27.7 Å². The minimum Gasteiger partial charge on any atom is -0.388 e. The van der Waals surface area contributed by atoms with Gasteiger partial charge in [0.1, 0.15) is 0 Å². The molecule has 1 aromatic heterocycles. The predicted octanol–water partition coefficient (Wildman–Crippen LogP) is 2.60. The van der Waals surface area contributed by atoms with E-state index in [0.717, 1.165) is 28.0 Å². The fraction of sp³-hybridized carbons (Fsp3) is 0.417. The van der Waals surface area contributed by atoms with Crippen molar-refractivity contribution in [3.05, 3.63) is 34.3 Å². The van der Waals surface area contributed by atoms with Gasteiger partial charge < -0.3 is 5.11 Å². The highest BCUT2D eigenvalue weighted by Gasteiger charge is 2.28. The lowest BCUT2D eigenvalue weighted by atomic mass is 10.1. The van der Waals surface area contributed by atoms with Crippen LogP contribution in [0.15, 0.2) is 33.9 Å². The summed E-state index contributed by atoms with van der Waals surface area (Å²) >= 11 is 4.88. The monoisotopic (exact) mass is 340 g/mol. The van der Waals surface area contributed by atoms with Gasteiger partial charge in [0.25, 0.3) is 0 Å². The van der Waals surface area contributed by atoms with Gasteiger partial charge in [0.2, 0.25) is 5.16 Å². The first-order valence-electron chi connectivity index (χ1n) is 6.08. The van der Waals surface area contributed by atoms with Crippen LogP contribution in [0.1, 0.15) is 30.6 Å². The Morgan fingerprint density at radius 1 is 1.37 bits per heavy atom. The highest BCUT2D eigenvalue weighted by atomic mass is 79.9. The molecule has 2 aromatic rings. The second kappa shape index (κ2) is 5.60. The van der Waals surface area contributed by atoms with Crippen LogP contribution in [0.3, 0.4) is 0 Å². The zero-order chi connectivity index (χ0) is 13.2. The zero-order valence-electron chi connectivity index (χ0n) is 10.1. The number of hydrogen-bond donors (Lipinski definition) is 1. The summed E-state index contributed by atoms with van der Waals surface area (Å²) in [6.45, 7) is 0. The smallest absolute Gasteiger partial charge is 0.209 e. The molecule has 0 aliphatic heterocycles. The molecule has 1 unspecified atom stereocenters. The molecule has 100 valence electrons. The van der Waals surface area contributed by atoms with Gasteiger partial charge in [-0.25, -0.2) is 4.68 Å². The highest BCUT2D eigenvalue weighted by molar-refractivity contribution is 9.10. The third-order valence-electron chi connectivity index (χ3n) is 2.98. The van der Waals surface area contributed by atoms with Crippen molar-refractivity contribution in [2.75, 3.05) is 5.75 Å². The Labute approximate surface area is 123 Å². The third-order valence-corrected chi connectivity index (χ3v) is 4.52. The van der Waals surface area contributed by atoms with Crippen LogP contribution in [-0.2, 0) is 0 Å². The van der Waals surface area contributed by atoms with Crippen molar-refractivity contribution in [3.63, 3.8) is 0 Å². The summed E-state index contributed by atoms with van der Waals surface area (Å²) in [6.07, 6.45) is 1.78. The molecule has 0 radical (unpaired) electrons.